The van der Waals surface area contributed by atoms with Crippen molar-refractivity contribution < 1.29 is 23.3 Å². The Morgan fingerprint density at radius 2 is 1.62 bits per heavy atom. The number of halogens is 2. The topological polar surface area (TPSA) is 126 Å². The molecule has 34 heavy (non-hydrogen) atoms. The zero-order valence-corrected chi connectivity index (χ0v) is 20.0. The number of methoxy groups -OCH3 is 1. The fraction of sp³-hybridized carbons (Fsp3) is 0.0455. The molecular formula is C22H18Cl2N4O5S. The van der Waals surface area contributed by atoms with E-state index in [1.54, 1.807) is 6.07 Å². The Kier molecular flexibility index (Phi) is 7.77. The molecule has 1 aromatic heterocycles. The van der Waals surface area contributed by atoms with Crippen LogP contribution in [0.15, 0.2) is 65.7 Å². The Bertz CT molecular complexity index is 1340. The summed E-state index contributed by atoms with van der Waals surface area (Å²) in [7, 11) is -2.03. The highest BCUT2D eigenvalue weighted by Gasteiger charge is 2.17. The predicted molar refractivity (Wildman–Crippen MR) is 132 cm³/mol. The number of ether oxygens (including phenoxy) is 1. The normalized spacial score (nSPS) is 12.2. The molecule has 1 atom stereocenters. The van der Waals surface area contributed by atoms with Crippen LogP contribution in [0.1, 0.15) is 20.7 Å². The second-order valence-corrected chi connectivity index (χ2v) is 9.65. The largest absolute Gasteiger partial charge is 0.452 e. The van der Waals surface area contributed by atoms with E-state index in [0.29, 0.717) is 10.0 Å². The lowest BCUT2D eigenvalue weighted by molar-refractivity contribution is 0.102. The summed E-state index contributed by atoms with van der Waals surface area (Å²) in [5, 5.41) is 5.97. The van der Waals surface area contributed by atoms with Crippen LogP contribution in [-0.2, 0) is 14.4 Å². The Balaban J connectivity index is 1.79. The minimum absolute atomic E-state index is 0.109. The zero-order chi connectivity index (χ0) is 24.9. The van der Waals surface area contributed by atoms with Gasteiger partial charge in [0.2, 0.25) is 0 Å². The molecule has 0 saturated carbocycles. The van der Waals surface area contributed by atoms with Gasteiger partial charge in [-0.2, -0.15) is 0 Å². The Morgan fingerprint density at radius 3 is 2.24 bits per heavy atom. The summed E-state index contributed by atoms with van der Waals surface area (Å²) < 4.78 is 19.1. The molecule has 3 aromatic rings. The number of hydrogen-bond donors (Lipinski definition) is 3. The Morgan fingerprint density at radius 1 is 0.941 bits per heavy atom. The molecule has 176 valence electrons. The van der Waals surface area contributed by atoms with E-state index in [0.717, 1.165) is 7.11 Å². The maximum absolute atomic E-state index is 12.8. The van der Waals surface area contributed by atoms with Crippen LogP contribution in [0.5, 0.6) is 0 Å². The number of hydrogen-bond acceptors (Lipinski definition) is 6. The molecule has 0 aliphatic carbocycles. The number of benzene rings is 2. The van der Waals surface area contributed by atoms with Crippen LogP contribution in [0.4, 0.5) is 16.3 Å². The average molecular weight is 521 g/mol. The third-order valence-corrected chi connectivity index (χ3v) is 6.36. The van der Waals surface area contributed by atoms with Gasteiger partial charge in [-0.15, -0.1) is 0 Å². The molecule has 3 rings (SSSR count). The van der Waals surface area contributed by atoms with Crippen molar-refractivity contribution in [2.24, 2.45) is 0 Å². The standard InChI is InChI=1S/C22H18Cl2N4O5S/c1-33-22(31)28-34(2,32)16-7-3-13(4-8-16)20(29)26-18-9-5-14(23)11-17(18)21(30)27-19-10-6-15(24)12-25-19/h3-12H,2H2,1H3,(H,26,29)(H,25,27,30)(H,28,31,32). The maximum atomic E-state index is 12.8. The Labute approximate surface area is 205 Å². The number of aromatic nitrogens is 1. The summed E-state index contributed by atoms with van der Waals surface area (Å²) >= 11 is 11.9. The van der Waals surface area contributed by atoms with Crippen molar-refractivity contribution in [3.8, 4) is 0 Å². The third kappa shape index (κ3) is 6.25. The minimum atomic E-state index is -3.17. The van der Waals surface area contributed by atoms with Gasteiger partial charge in [-0.1, -0.05) is 23.2 Å². The van der Waals surface area contributed by atoms with E-state index in [-0.39, 0.29) is 27.5 Å². The number of nitrogens with zero attached hydrogens (tertiary/aromatic N) is 1. The molecule has 3 N–H and O–H groups in total. The SMILES string of the molecule is C=S(=O)(NC(=O)OC)c1ccc(C(=O)Nc2ccc(Cl)cc2C(=O)Nc2ccc(Cl)cn2)cc1. The van der Waals surface area contributed by atoms with Gasteiger partial charge in [0, 0.05) is 21.7 Å². The Hall–Kier alpha value is -3.60. The van der Waals surface area contributed by atoms with Crippen LogP contribution < -0.4 is 15.4 Å². The van der Waals surface area contributed by atoms with Crippen LogP contribution in [-0.4, -0.2) is 40.1 Å². The van der Waals surface area contributed by atoms with Gasteiger partial charge in [-0.3, -0.25) is 9.59 Å². The van der Waals surface area contributed by atoms with Crippen molar-refractivity contribution in [3.05, 3.63) is 82.0 Å². The monoisotopic (exact) mass is 520 g/mol. The fourth-order valence-corrected chi connectivity index (χ4v) is 4.03. The highest BCUT2D eigenvalue weighted by molar-refractivity contribution is 7.99. The van der Waals surface area contributed by atoms with Crippen molar-refractivity contribution in [1.29, 1.82) is 0 Å². The molecule has 3 amide bonds. The van der Waals surface area contributed by atoms with Crippen LogP contribution in [0.25, 0.3) is 0 Å². The van der Waals surface area contributed by atoms with Crippen molar-refractivity contribution >= 4 is 68.2 Å². The molecule has 0 spiro atoms. The summed E-state index contributed by atoms with van der Waals surface area (Å²) in [6.07, 6.45) is 0.482. The summed E-state index contributed by atoms with van der Waals surface area (Å²) in [4.78, 5) is 41.1. The van der Waals surface area contributed by atoms with Crippen LogP contribution in [0, 0.1) is 0 Å². The van der Waals surface area contributed by atoms with Crippen molar-refractivity contribution in [1.82, 2.24) is 9.71 Å². The number of amides is 3. The molecule has 0 aliphatic rings. The van der Waals surface area contributed by atoms with E-state index in [1.807, 2.05) is 0 Å². The van der Waals surface area contributed by atoms with Gasteiger partial charge in [0.1, 0.15) is 5.82 Å². The summed E-state index contributed by atoms with van der Waals surface area (Å²) in [6.45, 7) is 0. The second kappa shape index (κ2) is 10.6. The summed E-state index contributed by atoms with van der Waals surface area (Å²) in [5.41, 5.74) is 0.522. The van der Waals surface area contributed by atoms with Gasteiger partial charge in [0.05, 0.1) is 33.1 Å². The van der Waals surface area contributed by atoms with E-state index in [2.05, 4.69) is 30.9 Å². The number of rotatable bonds is 6. The zero-order valence-electron chi connectivity index (χ0n) is 17.6. The quantitative estimate of drug-likeness (QED) is 0.417. The van der Waals surface area contributed by atoms with E-state index in [1.165, 1.54) is 54.7 Å². The van der Waals surface area contributed by atoms with E-state index in [9.17, 15) is 18.6 Å². The smallest absolute Gasteiger partial charge is 0.418 e. The van der Waals surface area contributed by atoms with E-state index < -0.39 is 27.6 Å². The molecule has 12 heteroatoms. The lowest BCUT2D eigenvalue weighted by Gasteiger charge is -2.13. The number of anilines is 2. The number of nitrogens with one attached hydrogen (secondary N) is 3. The predicted octanol–water partition coefficient (Wildman–Crippen LogP) is 4.24. The molecule has 1 unspecified atom stereocenters. The molecule has 0 radical (unpaired) electrons. The second-order valence-electron chi connectivity index (χ2n) is 6.75. The lowest BCUT2D eigenvalue weighted by atomic mass is 10.1. The molecule has 9 nitrogen and oxygen atoms in total. The van der Waals surface area contributed by atoms with Gasteiger partial charge in [0.15, 0.2) is 0 Å². The molecule has 0 saturated heterocycles. The number of carbonyl (C=O) groups excluding carboxylic acids is 3. The third-order valence-electron chi connectivity index (χ3n) is 4.37. The molecule has 0 aliphatic heterocycles. The maximum Gasteiger partial charge on any atom is 0.418 e. The fourth-order valence-electron chi connectivity index (χ4n) is 2.70. The van der Waals surface area contributed by atoms with Crippen LogP contribution >= 0.6 is 23.2 Å². The average Bonchev–Trinajstić information content (AvgIpc) is 2.81. The number of pyridine rings is 1. The van der Waals surface area contributed by atoms with Crippen molar-refractivity contribution in [3.63, 3.8) is 0 Å². The first-order valence-electron chi connectivity index (χ1n) is 9.46. The first kappa shape index (κ1) is 25.0. The number of carbonyl (C=O) groups is 3. The minimum Gasteiger partial charge on any atom is -0.452 e. The molecule has 1 heterocycles. The first-order valence-corrected chi connectivity index (χ1v) is 11.9. The van der Waals surface area contributed by atoms with E-state index >= 15 is 0 Å². The highest BCUT2D eigenvalue weighted by atomic mass is 35.5. The van der Waals surface area contributed by atoms with Crippen molar-refractivity contribution in [2.75, 3.05) is 17.7 Å². The lowest BCUT2D eigenvalue weighted by Crippen LogP contribution is -2.30. The molecular weight excluding hydrogens is 503 g/mol. The highest BCUT2D eigenvalue weighted by Crippen LogP contribution is 2.23. The van der Waals surface area contributed by atoms with Crippen LogP contribution in [0.2, 0.25) is 10.0 Å². The van der Waals surface area contributed by atoms with Gasteiger partial charge >= 0.3 is 6.09 Å². The molecule has 2 aromatic carbocycles. The summed E-state index contributed by atoms with van der Waals surface area (Å²) in [5.74, 6) is 2.67. The van der Waals surface area contributed by atoms with Gasteiger partial charge in [-0.25, -0.2) is 18.7 Å². The summed E-state index contributed by atoms with van der Waals surface area (Å²) in [6, 6.07) is 13.1. The molecule has 0 fully saturated rings. The van der Waals surface area contributed by atoms with Gasteiger partial charge in [-0.05, 0) is 60.5 Å². The van der Waals surface area contributed by atoms with Gasteiger partial charge in [0.25, 0.3) is 11.8 Å². The molecule has 0 bridgehead atoms. The van der Waals surface area contributed by atoms with Crippen molar-refractivity contribution in [2.45, 2.75) is 4.90 Å². The van der Waals surface area contributed by atoms with E-state index in [4.69, 9.17) is 23.2 Å². The van der Waals surface area contributed by atoms with Crippen LogP contribution in [0.3, 0.4) is 0 Å². The first-order chi connectivity index (χ1) is 16.1. The van der Waals surface area contributed by atoms with Gasteiger partial charge < -0.3 is 15.4 Å².